The van der Waals surface area contributed by atoms with Crippen molar-refractivity contribution in [1.29, 1.82) is 0 Å². The first kappa shape index (κ1) is 10.4. The Morgan fingerprint density at radius 1 is 1.31 bits per heavy atom. The van der Waals surface area contributed by atoms with Crippen LogP contribution in [0.25, 0.3) is 0 Å². The van der Waals surface area contributed by atoms with E-state index in [1.165, 1.54) is 12.8 Å². The van der Waals surface area contributed by atoms with Gasteiger partial charge in [-0.25, -0.2) is 0 Å². The van der Waals surface area contributed by atoms with Crippen LogP contribution >= 0.6 is 0 Å². The summed E-state index contributed by atoms with van der Waals surface area (Å²) in [7, 11) is 0. The summed E-state index contributed by atoms with van der Waals surface area (Å²) in [4.78, 5) is 11.4. The summed E-state index contributed by atoms with van der Waals surface area (Å²) < 4.78 is 0. The van der Waals surface area contributed by atoms with Crippen LogP contribution in [-0.4, -0.2) is 11.1 Å². The van der Waals surface area contributed by atoms with E-state index in [9.17, 15) is 9.90 Å². The minimum atomic E-state index is -0.622. The number of aliphatic carboxylic acids is 1. The van der Waals surface area contributed by atoms with Crippen LogP contribution in [0.1, 0.15) is 33.1 Å². The van der Waals surface area contributed by atoms with E-state index in [0.717, 1.165) is 18.3 Å². The van der Waals surface area contributed by atoms with E-state index in [1.54, 1.807) is 0 Å². The van der Waals surface area contributed by atoms with Gasteiger partial charge in [-0.3, -0.25) is 4.79 Å². The van der Waals surface area contributed by atoms with Crippen molar-refractivity contribution < 1.29 is 9.90 Å². The molecule has 5 unspecified atom stereocenters. The zero-order chi connectivity index (χ0) is 11.5. The molecule has 2 heteroatoms. The first-order valence-electron chi connectivity index (χ1n) is 6.42. The average Bonchev–Trinajstić information content (AvgIpc) is 2.89. The van der Waals surface area contributed by atoms with E-state index in [1.807, 2.05) is 13.8 Å². The molecule has 2 nitrogen and oxygen atoms in total. The van der Waals surface area contributed by atoms with Crippen LogP contribution in [0, 0.1) is 35.0 Å². The second-order valence-electron chi connectivity index (χ2n) is 6.43. The number of fused-ring (bicyclic) bond motifs is 5. The van der Waals surface area contributed by atoms with Crippen molar-refractivity contribution in [3.8, 4) is 0 Å². The Bertz CT molecular complexity index is 356. The highest BCUT2D eigenvalue weighted by molar-refractivity contribution is 5.74. The molecule has 3 rings (SSSR count). The average molecular weight is 220 g/mol. The molecule has 0 heterocycles. The molecule has 2 bridgehead atoms. The number of carboxylic acids is 1. The third-order valence-corrected chi connectivity index (χ3v) is 5.49. The molecule has 5 atom stereocenters. The number of allylic oxidation sites excluding steroid dienone is 2. The van der Waals surface area contributed by atoms with Crippen molar-refractivity contribution in [2.24, 2.45) is 35.0 Å². The van der Waals surface area contributed by atoms with E-state index >= 15 is 0 Å². The fourth-order valence-electron chi connectivity index (χ4n) is 4.53. The Hall–Kier alpha value is -0.790. The lowest BCUT2D eigenvalue weighted by Crippen LogP contribution is -2.39. The molecule has 0 saturated heterocycles. The van der Waals surface area contributed by atoms with Gasteiger partial charge >= 0.3 is 5.97 Å². The molecule has 0 spiro atoms. The quantitative estimate of drug-likeness (QED) is 0.726. The first-order chi connectivity index (χ1) is 7.51. The van der Waals surface area contributed by atoms with Gasteiger partial charge in [0.2, 0.25) is 0 Å². The van der Waals surface area contributed by atoms with Gasteiger partial charge in [0.1, 0.15) is 0 Å². The highest BCUT2D eigenvalue weighted by atomic mass is 16.4. The minimum Gasteiger partial charge on any atom is -0.481 e. The number of carboxylic acid groups (broad SMARTS) is 1. The molecule has 1 N–H and O–H groups in total. The summed E-state index contributed by atoms with van der Waals surface area (Å²) in [5.41, 5.74) is -0.541. The smallest absolute Gasteiger partial charge is 0.309 e. The zero-order valence-electron chi connectivity index (χ0n) is 10.0. The molecule has 0 aromatic carbocycles. The van der Waals surface area contributed by atoms with Gasteiger partial charge in [-0.15, -0.1) is 0 Å². The molecular weight excluding hydrogens is 200 g/mol. The van der Waals surface area contributed by atoms with Gasteiger partial charge in [-0.05, 0) is 62.7 Å². The highest BCUT2D eigenvalue weighted by Gasteiger charge is 2.57. The maximum atomic E-state index is 11.4. The van der Waals surface area contributed by atoms with Crippen molar-refractivity contribution in [3.05, 3.63) is 12.2 Å². The molecule has 2 fully saturated rings. The van der Waals surface area contributed by atoms with Crippen LogP contribution < -0.4 is 0 Å². The fourth-order valence-corrected chi connectivity index (χ4v) is 4.53. The van der Waals surface area contributed by atoms with E-state index in [0.29, 0.717) is 17.8 Å². The molecular formula is C14H20O2. The lowest BCUT2D eigenvalue weighted by Gasteiger charge is -2.38. The maximum Gasteiger partial charge on any atom is 0.309 e. The lowest BCUT2D eigenvalue weighted by molar-refractivity contribution is -0.152. The summed E-state index contributed by atoms with van der Waals surface area (Å²) in [6.45, 7) is 3.82. The normalized spacial score (nSPS) is 45.0. The third-order valence-electron chi connectivity index (χ3n) is 5.49. The second kappa shape index (κ2) is 3.12. The molecule has 0 aromatic heterocycles. The van der Waals surface area contributed by atoms with Gasteiger partial charge in [0.15, 0.2) is 0 Å². The van der Waals surface area contributed by atoms with E-state index < -0.39 is 11.4 Å². The third kappa shape index (κ3) is 1.16. The summed E-state index contributed by atoms with van der Waals surface area (Å²) in [6.07, 6.45) is 8.34. The lowest BCUT2D eigenvalue weighted by atomic mass is 9.65. The second-order valence-corrected chi connectivity index (χ2v) is 6.43. The molecule has 0 aromatic rings. The molecule has 88 valence electrons. The maximum absolute atomic E-state index is 11.4. The molecule has 3 aliphatic carbocycles. The number of carbonyl (C=O) groups is 1. The summed E-state index contributed by atoms with van der Waals surface area (Å²) in [6, 6.07) is 0. The van der Waals surface area contributed by atoms with Gasteiger partial charge in [-0.1, -0.05) is 12.2 Å². The molecule has 0 aliphatic heterocycles. The van der Waals surface area contributed by atoms with Crippen molar-refractivity contribution in [3.63, 3.8) is 0 Å². The van der Waals surface area contributed by atoms with Crippen LogP contribution in [0.2, 0.25) is 0 Å². The van der Waals surface area contributed by atoms with Crippen LogP contribution in [0.4, 0.5) is 0 Å². The van der Waals surface area contributed by atoms with Gasteiger partial charge in [0, 0.05) is 0 Å². The van der Waals surface area contributed by atoms with Gasteiger partial charge in [0.25, 0.3) is 0 Å². The summed E-state index contributed by atoms with van der Waals surface area (Å²) in [5, 5.41) is 9.35. The van der Waals surface area contributed by atoms with Crippen LogP contribution in [0.15, 0.2) is 12.2 Å². The Morgan fingerprint density at radius 3 is 2.75 bits per heavy atom. The Labute approximate surface area is 96.7 Å². The van der Waals surface area contributed by atoms with Crippen molar-refractivity contribution >= 4 is 5.97 Å². The SMILES string of the molecule is CC(C)(C(=O)O)C1CC2CC1C1C=CCC21. The van der Waals surface area contributed by atoms with Gasteiger partial charge < -0.3 is 5.11 Å². The number of hydrogen-bond donors (Lipinski definition) is 1. The fraction of sp³-hybridized carbons (Fsp3) is 0.786. The predicted octanol–water partition coefficient (Wildman–Crippen LogP) is 2.95. The van der Waals surface area contributed by atoms with E-state index in [2.05, 4.69) is 12.2 Å². The topological polar surface area (TPSA) is 37.3 Å². The van der Waals surface area contributed by atoms with E-state index in [4.69, 9.17) is 0 Å². The molecule has 2 saturated carbocycles. The molecule has 0 radical (unpaired) electrons. The zero-order valence-corrected chi connectivity index (χ0v) is 10.0. The Balaban J connectivity index is 1.86. The molecule has 0 amide bonds. The van der Waals surface area contributed by atoms with Crippen LogP contribution in [-0.2, 0) is 4.79 Å². The van der Waals surface area contributed by atoms with Crippen LogP contribution in [0.3, 0.4) is 0 Å². The Morgan fingerprint density at radius 2 is 2.06 bits per heavy atom. The highest BCUT2D eigenvalue weighted by Crippen LogP contribution is 2.62. The standard InChI is InChI=1S/C14H20O2/c1-14(2,13(15)16)12-7-8-6-11(12)10-5-3-4-9(8)10/h3,5,8-12H,4,6-7H2,1-2H3,(H,15,16). The number of rotatable bonds is 2. The predicted molar refractivity (Wildman–Crippen MR) is 61.9 cm³/mol. The monoisotopic (exact) mass is 220 g/mol. The van der Waals surface area contributed by atoms with Crippen LogP contribution in [0.5, 0.6) is 0 Å². The van der Waals surface area contributed by atoms with Gasteiger partial charge in [-0.2, -0.15) is 0 Å². The van der Waals surface area contributed by atoms with Crippen molar-refractivity contribution in [2.75, 3.05) is 0 Å². The van der Waals surface area contributed by atoms with E-state index in [-0.39, 0.29) is 0 Å². The van der Waals surface area contributed by atoms with Gasteiger partial charge in [0.05, 0.1) is 5.41 Å². The summed E-state index contributed by atoms with van der Waals surface area (Å²) in [5.74, 6) is 2.75. The van der Waals surface area contributed by atoms with Crippen molar-refractivity contribution in [1.82, 2.24) is 0 Å². The Kier molecular flexibility index (Phi) is 2.02. The summed E-state index contributed by atoms with van der Waals surface area (Å²) >= 11 is 0. The molecule has 3 aliphatic rings. The minimum absolute atomic E-state index is 0.388. The van der Waals surface area contributed by atoms with Crippen molar-refractivity contribution in [2.45, 2.75) is 33.1 Å². The first-order valence-corrected chi connectivity index (χ1v) is 6.42. The number of hydrogen-bond acceptors (Lipinski definition) is 1. The molecule has 16 heavy (non-hydrogen) atoms. The largest absolute Gasteiger partial charge is 0.481 e.